The molecule has 0 aromatic heterocycles. The molecule has 0 saturated carbocycles. The number of ether oxygens (including phenoxy) is 2. The lowest BCUT2D eigenvalue weighted by molar-refractivity contribution is 0.0636. The lowest BCUT2D eigenvalue weighted by Crippen LogP contribution is -2.27. The highest BCUT2D eigenvalue weighted by Gasteiger charge is 2.29. The molecule has 1 fully saturated rings. The molecule has 1 aliphatic rings. The minimum atomic E-state index is -3.25. The van der Waals surface area contributed by atoms with Crippen molar-refractivity contribution in [1.29, 1.82) is 0 Å². The van der Waals surface area contributed by atoms with E-state index in [1.54, 1.807) is 81.1 Å². The van der Waals surface area contributed by atoms with Crippen LogP contribution in [0.25, 0.3) is 0 Å². The molecule has 0 spiro atoms. The van der Waals surface area contributed by atoms with Crippen LogP contribution < -0.4 is 10.1 Å². The van der Waals surface area contributed by atoms with E-state index in [1.807, 2.05) is 0 Å². The fourth-order valence-electron chi connectivity index (χ4n) is 2.38. The number of hydrogen-bond acceptors (Lipinski definition) is 6. The predicted octanol–water partition coefficient (Wildman–Crippen LogP) is 4.72. The van der Waals surface area contributed by atoms with Gasteiger partial charge in [0.15, 0.2) is 9.84 Å². The van der Waals surface area contributed by atoms with Gasteiger partial charge in [0.2, 0.25) is 0 Å². The van der Waals surface area contributed by atoms with E-state index < -0.39 is 21.5 Å². The van der Waals surface area contributed by atoms with Crippen molar-refractivity contribution >= 4 is 33.4 Å². The molecule has 0 radical (unpaired) electrons. The molecule has 28 heavy (non-hydrogen) atoms. The van der Waals surface area contributed by atoms with Gasteiger partial charge >= 0.3 is 6.09 Å². The van der Waals surface area contributed by atoms with Gasteiger partial charge in [0.25, 0.3) is 0 Å². The predicted molar refractivity (Wildman–Crippen MR) is 111 cm³/mol. The molecule has 2 aromatic carbocycles. The number of hydrogen-bond donors (Lipinski definition) is 1. The van der Waals surface area contributed by atoms with Crippen molar-refractivity contribution < 1.29 is 22.7 Å². The molecule has 0 bridgehead atoms. The van der Waals surface area contributed by atoms with E-state index in [1.165, 1.54) is 0 Å². The van der Waals surface area contributed by atoms with Gasteiger partial charge in [-0.25, -0.2) is 13.2 Å². The highest BCUT2D eigenvalue weighted by molar-refractivity contribution is 8.08. The summed E-state index contributed by atoms with van der Waals surface area (Å²) in [6.07, 6.45) is -0.525. The number of carbonyl (C=O) groups excluding carboxylic acids is 1. The van der Waals surface area contributed by atoms with Gasteiger partial charge in [0.1, 0.15) is 17.1 Å². The van der Waals surface area contributed by atoms with Crippen LogP contribution in [0.2, 0.25) is 0 Å². The molecule has 3 rings (SSSR count). The van der Waals surface area contributed by atoms with Crippen LogP contribution in [0.1, 0.15) is 20.8 Å². The molecule has 1 N–H and O–H groups in total. The second kappa shape index (κ2) is 8.05. The van der Waals surface area contributed by atoms with E-state index in [2.05, 4.69) is 5.32 Å². The van der Waals surface area contributed by atoms with Gasteiger partial charge in [0.05, 0.1) is 10.6 Å². The molecule has 1 saturated heterocycles. The SMILES string of the molecule is CC(C)(C)OC(=O)Nc1ccc(Oc2ccc(S(=O)(=O)CC3CS3)cc2)cc1. The number of nitrogens with one attached hydrogen (secondary N) is 1. The van der Waals surface area contributed by atoms with Gasteiger partial charge in [-0.05, 0) is 69.3 Å². The molecule has 150 valence electrons. The van der Waals surface area contributed by atoms with Gasteiger partial charge in [-0.1, -0.05) is 0 Å². The zero-order valence-electron chi connectivity index (χ0n) is 16.0. The van der Waals surface area contributed by atoms with Crippen molar-refractivity contribution in [3.63, 3.8) is 0 Å². The standard InChI is InChI=1S/C20H23NO5S2/c1-20(2,3)26-19(22)21-14-4-6-15(7-5-14)25-16-8-10-18(11-9-16)28(23,24)13-17-12-27-17/h4-11,17H,12-13H2,1-3H3,(H,21,22). The number of sulfone groups is 1. The maximum absolute atomic E-state index is 12.3. The number of benzene rings is 2. The van der Waals surface area contributed by atoms with Gasteiger partial charge in [0, 0.05) is 16.7 Å². The second-order valence-corrected chi connectivity index (χ2v) is 10.8. The molecule has 1 unspecified atom stereocenters. The van der Waals surface area contributed by atoms with E-state index in [4.69, 9.17) is 9.47 Å². The molecule has 0 aliphatic carbocycles. The summed E-state index contributed by atoms with van der Waals surface area (Å²) in [5, 5.41) is 2.88. The Morgan fingerprint density at radius 1 is 1.07 bits per heavy atom. The van der Waals surface area contributed by atoms with Crippen LogP contribution in [0.15, 0.2) is 53.4 Å². The highest BCUT2D eigenvalue weighted by Crippen LogP contribution is 2.33. The summed E-state index contributed by atoms with van der Waals surface area (Å²) in [5.41, 5.74) is 0.0190. The van der Waals surface area contributed by atoms with Gasteiger partial charge in [-0.15, -0.1) is 0 Å². The molecule has 1 aliphatic heterocycles. The first-order valence-electron chi connectivity index (χ1n) is 8.83. The van der Waals surface area contributed by atoms with Crippen LogP contribution in [0.4, 0.5) is 10.5 Å². The Bertz CT molecular complexity index is 928. The first-order chi connectivity index (χ1) is 13.1. The monoisotopic (exact) mass is 421 g/mol. The van der Waals surface area contributed by atoms with Crippen LogP contribution in [-0.2, 0) is 14.6 Å². The van der Waals surface area contributed by atoms with Crippen LogP contribution in [0.3, 0.4) is 0 Å². The minimum absolute atomic E-state index is 0.185. The summed E-state index contributed by atoms with van der Waals surface area (Å²) >= 11 is 1.66. The van der Waals surface area contributed by atoms with Gasteiger partial charge < -0.3 is 9.47 Å². The Morgan fingerprint density at radius 2 is 1.61 bits per heavy atom. The van der Waals surface area contributed by atoms with Crippen molar-refractivity contribution in [2.24, 2.45) is 0 Å². The molecule has 6 nitrogen and oxygen atoms in total. The Labute approximate surface area is 169 Å². The number of carbonyl (C=O) groups is 1. The largest absolute Gasteiger partial charge is 0.457 e. The van der Waals surface area contributed by atoms with Crippen LogP contribution >= 0.6 is 11.8 Å². The summed E-state index contributed by atoms with van der Waals surface area (Å²) < 4.78 is 35.5. The molecular formula is C20H23NO5S2. The Balaban J connectivity index is 1.58. The first kappa shape index (κ1) is 20.5. The zero-order chi connectivity index (χ0) is 20.4. The molecule has 8 heteroatoms. The van der Waals surface area contributed by atoms with E-state index in [9.17, 15) is 13.2 Å². The fourth-order valence-corrected chi connectivity index (χ4v) is 5.06. The molecule has 1 atom stereocenters. The number of rotatable bonds is 6. The van der Waals surface area contributed by atoms with Gasteiger partial charge in [-0.2, -0.15) is 11.8 Å². The summed E-state index contributed by atoms with van der Waals surface area (Å²) in [6.45, 7) is 5.39. The van der Waals surface area contributed by atoms with E-state index >= 15 is 0 Å². The molecule has 2 aromatic rings. The number of anilines is 1. The van der Waals surface area contributed by atoms with E-state index in [-0.39, 0.29) is 11.0 Å². The molecule has 1 heterocycles. The fraction of sp³-hybridized carbons (Fsp3) is 0.350. The Hall–Kier alpha value is -2.19. The Kier molecular flexibility index (Phi) is 5.90. The maximum Gasteiger partial charge on any atom is 0.412 e. The van der Waals surface area contributed by atoms with Crippen LogP contribution in [-0.4, -0.2) is 36.9 Å². The minimum Gasteiger partial charge on any atom is -0.457 e. The van der Waals surface area contributed by atoms with Crippen molar-refractivity contribution in [2.75, 3.05) is 16.8 Å². The summed E-state index contributed by atoms with van der Waals surface area (Å²) in [5.74, 6) is 2.20. The molecular weight excluding hydrogens is 398 g/mol. The average Bonchev–Trinajstić information content (AvgIpc) is 3.39. The summed E-state index contributed by atoms with van der Waals surface area (Å²) in [7, 11) is -3.25. The van der Waals surface area contributed by atoms with Crippen LogP contribution in [0, 0.1) is 0 Å². The quantitative estimate of drug-likeness (QED) is 0.680. The first-order valence-corrected chi connectivity index (χ1v) is 11.5. The van der Waals surface area contributed by atoms with Crippen LogP contribution in [0.5, 0.6) is 11.5 Å². The summed E-state index contributed by atoms with van der Waals surface area (Å²) in [4.78, 5) is 12.1. The molecule has 1 amide bonds. The third-order valence-corrected chi connectivity index (χ3v) is 6.74. The Morgan fingerprint density at radius 3 is 2.11 bits per heavy atom. The lowest BCUT2D eigenvalue weighted by Gasteiger charge is -2.19. The van der Waals surface area contributed by atoms with Crippen molar-refractivity contribution in [2.45, 2.75) is 36.5 Å². The van der Waals surface area contributed by atoms with Crippen molar-refractivity contribution in [3.8, 4) is 11.5 Å². The smallest absolute Gasteiger partial charge is 0.412 e. The highest BCUT2D eigenvalue weighted by atomic mass is 32.2. The maximum atomic E-state index is 12.3. The second-order valence-electron chi connectivity index (χ2n) is 7.46. The lowest BCUT2D eigenvalue weighted by atomic mass is 10.2. The van der Waals surface area contributed by atoms with E-state index in [0.717, 1.165) is 5.75 Å². The third-order valence-electron chi connectivity index (χ3n) is 3.73. The number of amides is 1. The average molecular weight is 422 g/mol. The van der Waals surface area contributed by atoms with Crippen molar-refractivity contribution in [3.05, 3.63) is 48.5 Å². The number of thioether (sulfide) groups is 1. The van der Waals surface area contributed by atoms with Crippen molar-refractivity contribution in [1.82, 2.24) is 0 Å². The third kappa shape index (κ3) is 6.17. The summed E-state index contributed by atoms with van der Waals surface area (Å²) in [6, 6.07) is 13.2. The van der Waals surface area contributed by atoms with Gasteiger partial charge in [-0.3, -0.25) is 5.32 Å². The van der Waals surface area contributed by atoms with E-state index in [0.29, 0.717) is 22.1 Å². The normalized spacial score (nSPS) is 16.3. The topological polar surface area (TPSA) is 81.7 Å². The zero-order valence-corrected chi connectivity index (χ0v) is 17.6.